The maximum Gasteiger partial charge on any atom is 0.266 e. The van der Waals surface area contributed by atoms with E-state index in [0.29, 0.717) is 11.4 Å². The molecule has 7 rings (SSSR count). The van der Waals surface area contributed by atoms with Crippen LogP contribution in [-0.4, -0.2) is 22.1 Å². The number of oxime groups is 1. The van der Waals surface area contributed by atoms with Crippen molar-refractivity contribution in [3.05, 3.63) is 102 Å². The van der Waals surface area contributed by atoms with Crippen LogP contribution in [0.15, 0.2) is 96.2 Å². The molecule has 0 aliphatic carbocycles. The highest BCUT2D eigenvalue weighted by molar-refractivity contribution is 8.03. The van der Waals surface area contributed by atoms with Gasteiger partial charge in [0.15, 0.2) is 11.9 Å². The Morgan fingerprint density at radius 2 is 1.71 bits per heavy atom. The van der Waals surface area contributed by atoms with E-state index in [1.807, 2.05) is 65.6 Å². The normalized spacial score (nSPS) is 24.6. The number of amides is 1. The molecular weight excluding hydrogens is 446 g/mol. The zero-order valence-electron chi connectivity index (χ0n) is 17.9. The van der Waals surface area contributed by atoms with Gasteiger partial charge in [0.1, 0.15) is 11.0 Å². The van der Waals surface area contributed by atoms with Crippen LogP contribution in [0.3, 0.4) is 0 Å². The van der Waals surface area contributed by atoms with Crippen LogP contribution in [-0.2, 0) is 14.5 Å². The minimum atomic E-state index is -1.04. The van der Waals surface area contributed by atoms with Crippen molar-refractivity contribution in [1.82, 2.24) is 0 Å². The van der Waals surface area contributed by atoms with Gasteiger partial charge in [-0.15, -0.1) is 11.8 Å². The second kappa shape index (κ2) is 7.01. The van der Waals surface area contributed by atoms with Crippen LogP contribution >= 0.6 is 11.8 Å². The van der Waals surface area contributed by atoms with E-state index in [0.717, 1.165) is 27.7 Å². The average Bonchev–Trinajstić information content (AvgIpc) is 3.50. The van der Waals surface area contributed by atoms with Crippen LogP contribution < -0.4 is 10.2 Å². The van der Waals surface area contributed by atoms with Crippen molar-refractivity contribution in [2.75, 3.05) is 10.2 Å². The summed E-state index contributed by atoms with van der Waals surface area (Å²) in [6.45, 7) is 0. The van der Waals surface area contributed by atoms with Crippen LogP contribution in [0, 0.1) is 0 Å². The molecule has 6 nitrogen and oxygen atoms in total. The van der Waals surface area contributed by atoms with E-state index < -0.39 is 11.0 Å². The molecule has 0 bridgehead atoms. The summed E-state index contributed by atoms with van der Waals surface area (Å²) in [4.78, 5) is 20.7. The van der Waals surface area contributed by atoms with E-state index in [1.165, 1.54) is 11.8 Å². The zero-order chi connectivity index (χ0) is 22.9. The summed E-state index contributed by atoms with van der Waals surface area (Å²) in [7, 11) is 0. The number of fused-ring (bicyclic) bond motifs is 4. The Hall–Kier alpha value is -3.97. The third kappa shape index (κ3) is 2.47. The molecule has 0 aromatic heterocycles. The fourth-order valence-corrected chi connectivity index (χ4v) is 6.94. The molecule has 2 N–H and O–H groups in total. The third-order valence-corrected chi connectivity index (χ3v) is 8.37. The van der Waals surface area contributed by atoms with E-state index in [-0.39, 0.29) is 16.9 Å². The molecule has 3 heterocycles. The van der Waals surface area contributed by atoms with Crippen molar-refractivity contribution in [2.45, 2.75) is 16.2 Å². The highest BCUT2D eigenvalue weighted by Crippen LogP contribution is 2.61. The van der Waals surface area contributed by atoms with E-state index in [2.05, 4.69) is 28.7 Å². The molecule has 1 fully saturated rings. The average molecular weight is 466 g/mol. The number of hydrogen-bond acceptors (Lipinski definition) is 6. The number of phenols is 1. The Bertz CT molecular complexity index is 1510. The molecule has 3 unspecified atom stereocenters. The number of phenolic OH excluding ortho intramolecular Hbond substituents is 1. The van der Waals surface area contributed by atoms with Crippen LogP contribution in [0.4, 0.5) is 11.4 Å². The molecule has 7 heteroatoms. The molecule has 1 saturated heterocycles. The largest absolute Gasteiger partial charge is 0.508 e. The van der Waals surface area contributed by atoms with Crippen LogP contribution in [0.5, 0.6) is 5.75 Å². The summed E-state index contributed by atoms with van der Waals surface area (Å²) in [6, 6.07) is 29.1. The van der Waals surface area contributed by atoms with E-state index in [1.54, 1.807) is 12.1 Å². The molecule has 4 aromatic rings. The minimum Gasteiger partial charge on any atom is -0.508 e. The number of hydrogen-bond donors (Lipinski definition) is 2. The predicted molar refractivity (Wildman–Crippen MR) is 134 cm³/mol. The van der Waals surface area contributed by atoms with Gasteiger partial charge in [-0.3, -0.25) is 9.69 Å². The number of nitrogens with one attached hydrogen (secondary N) is 1. The third-order valence-electron chi connectivity index (χ3n) is 6.73. The van der Waals surface area contributed by atoms with Crippen LogP contribution in [0.1, 0.15) is 17.2 Å². The number of amidine groups is 1. The lowest BCUT2D eigenvalue weighted by Crippen LogP contribution is -2.47. The molecule has 3 aliphatic rings. The number of thioether (sulfide) groups is 1. The Labute approximate surface area is 199 Å². The fourth-order valence-electron chi connectivity index (χ4n) is 5.23. The Morgan fingerprint density at radius 3 is 2.62 bits per heavy atom. The topological polar surface area (TPSA) is 74.2 Å². The van der Waals surface area contributed by atoms with Gasteiger partial charge in [0.25, 0.3) is 5.91 Å². The van der Waals surface area contributed by atoms with Gasteiger partial charge < -0.3 is 15.3 Å². The molecule has 166 valence electrons. The fraction of sp³-hybridized carbons (Fsp3) is 0.111. The number of nitrogens with zero attached hydrogens (tertiary/aromatic N) is 2. The maximum atomic E-state index is 13.8. The van der Waals surface area contributed by atoms with Crippen molar-refractivity contribution in [3.8, 4) is 5.75 Å². The van der Waals surface area contributed by atoms with Crippen molar-refractivity contribution in [3.63, 3.8) is 0 Å². The summed E-state index contributed by atoms with van der Waals surface area (Å²) >= 11 is 1.51. The van der Waals surface area contributed by atoms with Gasteiger partial charge >= 0.3 is 0 Å². The monoisotopic (exact) mass is 465 g/mol. The number of aromatic hydroxyl groups is 1. The number of rotatable bonds is 2. The SMILES string of the molecule is O=C1Nc2ccccc2C12SC1C(=NOC1c1ccccc1O)N2c1cccc2ccccc12. The maximum absolute atomic E-state index is 13.8. The molecule has 1 amide bonds. The first-order valence-electron chi connectivity index (χ1n) is 11.1. The molecule has 3 atom stereocenters. The van der Waals surface area contributed by atoms with Crippen molar-refractivity contribution < 1.29 is 14.7 Å². The van der Waals surface area contributed by atoms with Gasteiger partial charge in [0.2, 0.25) is 4.87 Å². The minimum absolute atomic E-state index is 0.111. The van der Waals surface area contributed by atoms with Gasteiger partial charge in [-0.05, 0) is 23.6 Å². The number of anilines is 2. The van der Waals surface area contributed by atoms with E-state index in [9.17, 15) is 9.90 Å². The second-order valence-corrected chi connectivity index (χ2v) is 9.88. The number of para-hydroxylation sites is 2. The first-order chi connectivity index (χ1) is 16.7. The van der Waals surface area contributed by atoms with Gasteiger partial charge in [0, 0.05) is 22.2 Å². The molecule has 3 aliphatic heterocycles. The lowest BCUT2D eigenvalue weighted by molar-refractivity contribution is -0.117. The number of carbonyl (C=O) groups excluding carboxylic acids is 1. The lowest BCUT2D eigenvalue weighted by Gasteiger charge is -2.34. The standard InChI is InChI=1S/C27H19N3O3S/c31-22-15-6-3-11-18(22)23-24-25(29-33-23)30(21-14-7-9-16-8-1-2-10-17(16)21)27(34-24)19-12-4-5-13-20(19)28-26(27)32/h1-15,23-24,31H,(H,28,32). The molecule has 0 saturated carbocycles. The Balaban J connectivity index is 1.48. The van der Waals surface area contributed by atoms with Gasteiger partial charge in [-0.1, -0.05) is 78.0 Å². The molecular formula is C27H19N3O3S. The predicted octanol–water partition coefficient (Wildman–Crippen LogP) is 5.36. The van der Waals surface area contributed by atoms with Gasteiger partial charge in [-0.2, -0.15) is 0 Å². The van der Waals surface area contributed by atoms with E-state index >= 15 is 0 Å². The molecule has 1 spiro atoms. The Morgan fingerprint density at radius 1 is 0.941 bits per heavy atom. The summed E-state index contributed by atoms with van der Waals surface area (Å²) < 4.78 is 0. The zero-order valence-corrected chi connectivity index (χ0v) is 18.7. The number of benzene rings is 4. The lowest BCUT2D eigenvalue weighted by atomic mass is 10.00. The summed E-state index contributed by atoms with van der Waals surface area (Å²) in [5.41, 5.74) is 3.23. The summed E-state index contributed by atoms with van der Waals surface area (Å²) in [5, 5.41) is 20.0. The van der Waals surface area contributed by atoms with Crippen LogP contribution in [0.25, 0.3) is 10.8 Å². The summed E-state index contributed by atoms with van der Waals surface area (Å²) in [5.74, 6) is 0.708. The Kier molecular flexibility index (Phi) is 4.02. The highest BCUT2D eigenvalue weighted by atomic mass is 32.2. The first kappa shape index (κ1) is 19.5. The quantitative estimate of drug-likeness (QED) is 0.417. The van der Waals surface area contributed by atoms with Crippen molar-refractivity contribution >= 4 is 45.7 Å². The van der Waals surface area contributed by atoms with Crippen molar-refractivity contribution in [2.24, 2.45) is 5.16 Å². The van der Waals surface area contributed by atoms with Gasteiger partial charge in [-0.25, -0.2) is 0 Å². The van der Waals surface area contributed by atoms with E-state index in [4.69, 9.17) is 4.84 Å². The number of carbonyl (C=O) groups is 1. The molecule has 34 heavy (non-hydrogen) atoms. The molecule has 0 radical (unpaired) electrons. The van der Waals surface area contributed by atoms with Crippen LogP contribution in [0.2, 0.25) is 0 Å². The van der Waals surface area contributed by atoms with Crippen molar-refractivity contribution in [1.29, 1.82) is 0 Å². The molecule has 4 aromatic carbocycles. The van der Waals surface area contributed by atoms with Gasteiger partial charge in [0.05, 0.1) is 5.69 Å². The second-order valence-electron chi connectivity index (χ2n) is 8.55. The first-order valence-corrected chi connectivity index (χ1v) is 11.9. The highest BCUT2D eigenvalue weighted by Gasteiger charge is 2.64. The summed E-state index contributed by atoms with van der Waals surface area (Å²) in [6.07, 6.45) is -0.515. The smallest absolute Gasteiger partial charge is 0.266 e.